The van der Waals surface area contributed by atoms with Crippen LogP contribution in [0.3, 0.4) is 0 Å². The summed E-state index contributed by atoms with van der Waals surface area (Å²) < 4.78 is 7.23. The van der Waals surface area contributed by atoms with Gasteiger partial charge in [-0.1, -0.05) is 26.0 Å². The van der Waals surface area contributed by atoms with Gasteiger partial charge in [0.15, 0.2) is 0 Å². The average molecular weight is 260 g/mol. The Morgan fingerprint density at radius 3 is 2.79 bits per heavy atom. The van der Waals surface area contributed by atoms with E-state index in [9.17, 15) is 4.79 Å². The molecule has 1 aromatic heterocycles. The van der Waals surface area contributed by atoms with E-state index in [1.54, 1.807) is 7.11 Å². The van der Waals surface area contributed by atoms with Crippen molar-refractivity contribution in [3.8, 4) is 5.75 Å². The van der Waals surface area contributed by atoms with Crippen LogP contribution in [0.5, 0.6) is 5.75 Å². The van der Waals surface area contributed by atoms with E-state index < -0.39 is 0 Å². The van der Waals surface area contributed by atoms with Crippen LogP contribution in [0, 0.1) is 5.92 Å². The van der Waals surface area contributed by atoms with Crippen molar-refractivity contribution < 1.29 is 9.53 Å². The molecule has 4 nitrogen and oxygen atoms in total. The number of aromatic nitrogens is 1. The highest BCUT2D eigenvalue weighted by Crippen LogP contribution is 2.27. The van der Waals surface area contributed by atoms with Gasteiger partial charge in [0.05, 0.1) is 12.6 Å². The van der Waals surface area contributed by atoms with Crippen molar-refractivity contribution in [2.24, 2.45) is 13.0 Å². The summed E-state index contributed by atoms with van der Waals surface area (Å²) in [6, 6.07) is 7.71. The van der Waals surface area contributed by atoms with Crippen LogP contribution >= 0.6 is 0 Å². The molecule has 0 saturated carbocycles. The topological polar surface area (TPSA) is 43.3 Å². The highest BCUT2D eigenvalue weighted by molar-refractivity contribution is 6.00. The van der Waals surface area contributed by atoms with E-state index in [-0.39, 0.29) is 5.91 Å². The fraction of sp³-hybridized carbons (Fsp3) is 0.400. The Morgan fingerprint density at radius 1 is 1.42 bits per heavy atom. The minimum Gasteiger partial charge on any atom is -0.495 e. The number of hydrogen-bond acceptors (Lipinski definition) is 2. The molecule has 0 atom stereocenters. The Hall–Kier alpha value is -1.97. The number of ether oxygens (including phenoxy) is 1. The standard InChI is InChI=1S/C15H20N2O2/c1-10(2)9-16-15(18)12-8-11-6-5-7-13(19-4)14(11)17(12)3/h5-8,10H,9H2,1-4H3,(H,16,18). The molecular weight excluding hydrogens is 240 g/mol. The second-order valence-corrected chi connectivity index (χ2v) is 5.09. The fourth-order valence-corrected chi connectivity index (χ4v) is 2.15. The molecule has 0 bridgehead atoms. The minimum absolute atomic E-state index is 0.0468. The predicted octanol–water partition coefficient (Wildman–Crippen LogP) is 2.57. The molecule has 1 aromatic carbocycles. The molecular formula is C15H20N2O2. The Labute approximate surface area is 113 Å². The maximum atomic E-state index is 12.2. The van der Waals surface area contributed by atoms with Gasteiger partial charge in [-0.25, -0.2) is 0 Å². The van der Waals surface area contributed by atoms with Crippen LogP contribution in [0.1, 0.15) is 24.3 Å². The first-order valence-corrected chi connectivity index (χ1v) is 6.45. The number of para-hydroxylation sites is 1. The van der Waals surface area contributed by atoms with E-state index >= 15 is 0 Å². The van der Waals surface area contributed by atoms with Crippen molar-refractivity contribution in [1.29, 1.82) is 0 Å². The fourth-order valence-electron chi connectivity index (χ4n) is 2.15. The van der Waals surface area contributed by atoms with Gasteiger partial charge in [-0.2, -0.15) is 0 Å². The molecule has 0 aliphatic rings. The van der Waals surface area contributed by atoms with Crippen molar-refractivity contribution in [2.75, 3.05) is 13.7 Å². The summed E-state index contributed by atoms with van der Waals surface area (Å²) in [5, 5.41) is 3.95. The third kappa shape index (κ3) is 2.57. The third-order valence-corrected chi connectivity index (χ3v) is 3.14. The number of carbonyl (C=O) groups is 1. The van der Waals surface area contributed by atoms with Gasteiger partial charge in [0.25, 0.3) is 5.91 Å². The van der Waals surface area contributed by atoms with Gasteiger partial charge in [-0.15, -0.1) is 0 Å². The number of carbonyl (C=O) groups excluding carboxylic acids is 1. The Bertz CT molecular complexity index is 599. The number of fused-ring (bicyclic) bond motifs is 1. The van der Waals surface area contributed by atoms with E-state index in [2.05, 4.69) is 19.2 Å². The SMILES string of the molecule is COc1cccc2cc(C(=O)NCC(C)C)n(C)c12. The van der Waals surface area contributed by atoms with Gasteiger partial charge in [0.2, 0.25) is 0 Å². The third-order valence-electron chi connectivity index (χ3n) is 3.14. The van der Waals surface area contributed by atoms with Crippen LogP contribution in [0.25, 0.3) is 10.9 Å². The van der Waals surface area contributed by atoms with Crippen LogP contribution in [-0.4, -0.2) is 24.1 Å². The Balaban J connectivity index is 2.40. The minimum atomic E-state index is -0.0468. The second-order valence-electron chi connectivity index (χ2n) is 5.09. The lowest BCUT2D eigenvalue weighted by atomic mass is 10.2. The Morgan fingerprint density at radius 2 is 2.16 bits per heavy atom. The van der Waals surface area contributed by atoms with E-state index in [1.165, 1.54) is 0 Å². The summed E-state index contributed by atoms with van der Waals surface area (Å²) in [5.41, 5.74) is 1.60. The summed E-state index contributed by atoms with van der Waals surface area (Å²) in [6.07, 6.45) is 0. The molecule has 1 amide bonds. The molecule has 0 fully saturated rings. The van der Waals surface area contributed by atoms with Gasteiger partial charge >= 0.3 is 0 Å². The van der Waals surface area contributed by atoms with Crippen LogP contribution in [0.15, 0.2) is 24.3 Å². The predicted molar refractivity (Wildman–Crippen MR) is 76.6 cm³/mol. The monoisotopic (exact) mass is 260 g/mol. The number of methoxy groups -OCH3 is 1. The number of benzene rings is 1. The van der Waals surface area contributed by atoms with Crippen LogP contribution < -0.4 is 10.1 Å². The van der Waals surface area contributed by atoms with Gasteiger partial charge < -0.3 is 14.6 Å². The van der Waals surface area contributed by atoms with E-state index in [0.717, 1.165) is 16.7 Å². The average Bonchev–Trinajstić information content (AvgIpc) is 2.73. The van der Waals surface area contributed by atoms with Crippen LogP contribution in [0.4, 0.5) is 0 Å². The van der Waals surface area contributed by atoms with E-state index in [4.69, 9.17) is 4.74 Å². The van der Waals surface area contributed by atoms with Gasteiger partial charge in [-0.05, 0) is 18.1 Å². The maximum absolute atomic E-state index is 12.2. The van der Waals surface area contributed by atoms with Crippen LogP contribution in [-0.2, 0) is 7.05 Å². The van der Waals surface area contributed by atoms with E-state index in [1.807, 2.05) is 35.9 Å². The molecule has 4 heteroatoms. The lowest BCUT2D eigenvalue weighted by Gasteiger charge is -2.09. The summed E-state index contributed by atoms with van der Waals surface area (Å²) in [4.78, 5) is 12.2. The van der Waals surface area contributed by atoms with Crippen molar-refractivity contribution >= 4 is 16.8 Å². The van der Waals surface area contributed by atoms with Gasteiger partial charge in [0, 0.05) is 19.0 Å². The van der Waals surface area contributed by atoms with Crippen LogP contribution in [0.2, 0.25) is 0 Å². The number of amides is 1. The molecule has 0 saturated heterocycles. The number of nitrogens with one attached hydrogen (secondary N) is 1. The molecule has 0 unspecified atom stereocenters. The largest absolute Gasteiger partial charge is 0.495 e. The summed E-state index contributed by atoms with van der Waals surface area (Å²) in [7, 11) is 3.52. The number of rotatable bonds is 4. The normalized spacial score (nSPS) is 11.0. The summed E-state index contributed by atoms with van der Waals surface area (Å²) in [5.74, 6) is 1.17. The van der Waals surface area contributed by atoms with E-state index in [0.29, 0.717) is 18.2 Å². The van der Waals surface area contributed by atoms with Gasteiger partial charge in [0.1, 0.15) is 11.4 Å². The molecule has 0 aliphatic carbocycles. The molecule has 102 valence electrons. The molecule has 1 N–H and O–H groups in total. The molecule has 2 rings (SSSR count). The summed E-state index contributed by atoms with van der Waals surface area (Å²) in [6.45, 7) is 4.83. The number of aryl methyl sites for hydroxylation is 1. The van der Waals surface area contributed by atoms with Crippen molar-refractivity contribution in [2.45, 2.75) is 13.8 Å². The summed E-state index contributed by atoms with van der Waals surface area (Å²) >= 11 is 0. The second kappa shape index (κ2) is 5.34. The van der Waals surface area contributed by atoms with Gasteiger partial charge in [-0.3, -0.25) is 4.79 Å². The molecule has 0 aliphatic heterocycles. The smallest absolute Gasteiger partial charge is 0.267 e. The number of hydrogen-bond donors (Lipinski definition) is 1. The first kappa shape index (κ1) is 13.5. The zero-order valence-electron chi connectivity index (χ0n) is 11.9. The van der Waals surface area contributed by atoms with Crippen molar-refractivity contribution in [3.05, 3.63) is 30.0 Å². The number of nitrogens with zero attached hydrogens (tertiary/aromatic N) is 1. The first-order valence-electron chi connectivity index (χ1n) is 6.45. The Kier molecular flexibility index (Phi) is 3.79. The maximum Gasteiger partial charge on any atom is 0.267 e. The molecule has 1 heterocycles. The lowest BCUT2D eigenvalue weighted by Crippen LogP contribution is -2.28. The zero-order chi connectivity index (χ0) is 14.0. The molecule has 2 aromatic rings. The molecule has 0 radical (unpaired) electrons. The highest BCUT2D eigenvalue weighted by Gasteiger charge is 2.15. The highest BCUT2D eigenvalue weighted by atomic mass is 16.5. The molecule has 0 spiro atoms. The first-order chi connectivity index (χ1) is 9.04. The van der Waals surface area contributed by atoms with Crippen molar-refractivity contribution in [3.63, 3.8) is 0 Å². The lowest BCUT2D eigenvalue weighted by molar-refractivity contribution is 0.0941. The zero-order valence-corrected chi connectivity index (χ0v) is 11.9. The van der Waals surface area contributed by atoms with Crippen molar-refractivity contribution in [1.82, 2.24) is 9.88 Å². The quantitative estimate of drug-likeness (QED) is 0.918. The molecule has 19 heavy (non-hydrogen) atoms.